The van der Waals surface area contributed by atoms with Crippen LogP contribution in [0.1, 0.15) is 25.5 Å². The zero-order valence-corrected chi connectivity index (χ0v) is 11.2. The van der Waals surface area contributed by atoms with Gasteiger partial charge in [0.1, 0.15) is 0 Å². The first-order valence-corrected chi connectivity index (χ1v) is 6.26. The number of hydrogen-bond donors (Lipinski definition) is 1. The van der Waals surface area contributed by atoms with Crippen LogP contribution in [-0.2, 0) is 0 Å². The number of pyridine rings is 1. The van der Waals surface area contributed by atoms with Crippen molar-refractivity contribution in [2.75, 3.05) is 5.32 Å². The molecule has 0 radical (unpaired) electrons. The molecule has 19 heavy (non-hydrogen) atoms. The summed E-state index contributed by atoms with van der Waals surface area (Å²) in [6, 6.07) is 4.34. The molecule has 0 aromatic carbocycles. The molecule has 0 saturated carbocycles. The van der Waals surface area contributed by atoms with Crippen LogP contribution in [0.3, 0.4) is 0 Å². The number of anilines is 2. The number of nitrogens with zero attached hydrogens (tertiary/aromatic N) is 5. The summed E-state index contributed by atoms with van der Waals surface area (Å²) >= 11 is 0. The van der Waals surface area contributed by atoms with Gasteiger partial charge in [-0.25, -0.2) is 4.52 Å². The lowest BCUT2D eigenvalue weighted by Gasteiger charge is -2.02. The van der Waals surface area contributed by atoms with E-state index in [-0.39, 0.29) is 0 Å². The lowest BCUT2D eigenvalue weighted by atomic mass is 10.3. The first kappa shape index (κ1) is 11.7. The maximum atomic E-state index is 4.43. The molecule has 0 saturated heterocycles. The first-order chi connectivity index (χ1) is 9.11. The Balaban J connectivity index is 1.87. The molecule has 1 N–H and O–H groups in total. The minimum Gasteiger partial charge on any atom is -0.320 e. The smallest absolute Gasteiger partial charge is 0.247 e. The van der Waals surface area contributed by atoms with E-state index in [1.165, 1.54) is 5.56 Å². The largest absolute Gasteiger partial charge is 0.320 e. The predicted octanol–water partition coefficient (Wildman–Crippen LogP) is 2.56. The first-order valence-electron chi connectivity index (χ1n) is 6.26. The molecular formula is C13H16N6. The van der Waals surface area contributed by atoms with Gasteiger partial charge in [-0.2, -0.15) is 10.1 Å². The lowest BCUT2D eigenvalue weighted by molar-refractivity contribution is 0.532. The van der Waals surface area contributed by atoms with Gasteiger partial charge in [0.15, 0.2) is 5.65 Å². The average molecular weight is 256 g/mol. The Labute approximate surface area is 111 Å². The van der Waals surface area contributed by atoms with Crippen LogP contribution in [-0.4, -0.2) is 24.4 Å². The molecule has 0 aliphatic heterocycles. The van der Waals surface area contributed by atoms with Crippen LogP contribution in [0, 0.1) is 6.92 Å². The van der Waals surface area contributed by atoms with E-state index in [0.717, 1.165) is 11.3 Å². The van der Waals surface area contributed by atoms with Crippen LogP contribution >= 0.6 is 0 Å². The predicted molar refractivity (Wildman–Crippen MR) is 73.6 cm³/mol. The van der Waals surface area contributed by atoms with E-state index in [2.05, 4.69) is 34.3 Å². The third-order valence-corrected chi connectivity index (χ3v) is 2.88. The summed E-state index contributed by atoms with van der Waals surface area (Å²) in [4.78, 5) is 4.43. The van der Waals surface area contributed by atoms with Crippen LogP contribution in [0.2, 0.25) is 0 Å². The van der Waals surface area contributed by atoms with Gasteiger partial charge >= 0.3 is 0 Å². The van der Waals surface area contributed by atoms with Gasteiger partial charge in [0.2, 0.25) is 5.95 Å². The van der Waals surface area contributed by atoms with Gasteiger partial charge in [-0.3, -0.25) is 4.68 Å². The van der Waals surface area contributed by atoms with E-state index in [4.69, 9.17) is 0 Å². The normalized spacial score (nSPS) is 11.4. The van der Waals surface area contributed by atoms with Gasteiger partial charge < -0.3 is 5.32 Å². The van der Waals surface area contributed by atoms with Gasteiger partial charge in [0, 0.05) is 18.4 Å². The summed E-state index contributed by atoms with van der Waals surface area (Å²) in [5, 5.41) is 11.8. The Kier molecular flexibility index (Phi) is 2.70. The Hall–Kier alpha value is -2.37. The van der Waals surface area contributed by atoms with Gasteiger partial charge in [0.25, 0.3) is 0 Å². The molecule has 3 aromatic rings. The van der Waals surface area contributed by atoms with E-state index in [9.17, 15) is 0 Å². The number of fused-ring (bicyclic) bond motifs is 1. The second-order valence-corrected chi connectivity index (χ2v) is 4.87. The average Bonchev–Trinajstić information content (AvgIpc) is 2.95. The third-order valence-electron chi connectivity index (χ3n) is 2.88. The van der Waals surface area contributed by atoms with Gasteiger partial charge in [-0.1, -0.05) is 0 Å². The van der Waals surface area contributed by atoms with Gasteiger partial charge in [-0.15, -0.1) is 5.10 Å². The van der Waals surface area contributed by atoms with Gasteiger partial charge in [0.05, 0.1) is 11.9 Å². The second-order valence-electron chi connectivity index (χ2n) is 4.87. The van der Waals surface area contributed by atoms with Crippen molar-refractivity contribution in [3.8, 4) is 0 Å². The Morgan fingerprint density at radius 2 is 2.16 bits per heavy atom. The van der Waals surface area contributed by atoms with Gasteiger partial charge in [-0.05, 0) is 38.5 Å². The van der Waals surface area contributed by atoms with Crippen molar-refractivity contribution in [3.63, 3.8) is 0 Å². The van der Waals surface area contributed by atoms with E-state index in [1.807, 2.05) is 36.1 Å². The van der Waals surface area contributed by atoms with Crippen molar-refractivity contribution in [2.24, 2.45) is 0 Å². The SMILES string of the molecule is Cc1ccn2nc(Nc3cnn(C(C)C)c3)nc2c1. The molecule has 0 atom stereocenters. The minimum atomic E-state index is 0.340. The lowest BCUT2D eigenvalue weighted by Crippen LogP contribution is -2.00. The molecule has 0 unspecified atom stereocenters. The molecule has 0 fully saturated rings. The fraction of sp³-hybridized carbons (Fsp3) is 0.308. The van der Waals surface area contributed by atoms with Crippen LogP contribution in [0.15, 0.2) is 30.7 Å². The maximum absolute atomic E-state index is 4.43. The molecule has 0 aliphatic carbocycles. The van der Waals surface area contributed by atoms with Crippen LogP contribution < -0.4 is 5.32 Å². The van der Waals surface area contributed by atoms with E-state index < -0.39 is 0 Å². The van der Waals surface area contributed by atoms with E-state index >= 15 is 0 Å². The van der Waals surface area contributed by atoms with Crippen LogP contribution in [0.5, 0.6) is 0 Å². The molecule has 3 heterocycles. The molecule has 0 spiro atoms. The molecule has 6 nitrogen and oxygen atoms in total. The zero-order chi connectivity index (χ0) is 13.4. The molecule has 0 bridgehead atoms. The number of nitrogens with one attached hydrogen (secondary N) is 1. The van der Waals surface area contributed by atoms with Crippen molar-refractivity contribution < 1.29 is 0 Å². The number of hydrogen-bond acceptors (Lipinski definition) is 4. The number of rotatable bonds is 3. The number of aryl methyl sites for hydroxylation is 1. The summed E-state index contributed by atoms with van der Waals surface area (Å²) in [5.74, 6) is 0.578. The van der Waals surface area contributed by atoms with Crippen molar-refractivity contribution in [2.45, 2.75) is 26.8 Å². The zero-order valence-electron chi connectivity index (χ0n) is 11.2. The molecule has 0 amide bonds. The van der Waals surface area contributed by atoms with Crippen molar-refractivity contribution in [3.05, 3.63) is 36.3 Å². The summed E-state index contributed by atoms with van der Waals surface area (Å²) in [7, 11) is 0. The summed E-state index contributed by atoms with van der Waals surface area (Å²) in [6.07, 6.45) is 5.62. The molecule has 3 aromatic heterocycles. The Morgan fingerprint density at radius 1 is 1.32 bits per heavy atom. The highest BCUT2D eigenvalue weighted by molar-refractivity contribution is 5.54. The summed E-state index contributed by atoms with van der Waals surface area (Å²) in [5.41, 5.74) is 2.89. The second kappa shape index (κ2) is 4.38. The summed E-state index contributed by atoms with van der Waals surface area (Å²) in [6.45, 7) is 6.21. The molecule has 3 rings (SSSR count). The van der Waals surface area contributed by atoms with Crippen molar-refractivity contribution in [1.82, 2.24) is 24.4 Å². The topological polar surface area (TPSA) is 60.0 Å². The maximum Gasteiger partial charge on any atom is 0.247 e. The monoisotopic (exact) mass is 256 g/mol. The molecular weight excluding hydrogens is 240 g/mol. The third kappa shape index (κ3) is 2.29. The fourth-order valence-corrected chi connectivity index (χ4v) is 1.85. The van der Waals surface area contributed by atoms with Crippen molar-refractivity contribution in [1.29, 1.82) is 0 Å². The fourth-order valence-electron chi connectivity index (χ4n) is 1.85. The Morgan fingerprint density at radius 3 is 2.89 bits per heavy atom. The van der Waals surface area contributed by atoms with E-state index in [0.29, 0.717) is 12.0 Å². The van der Waals surface area contributed by atoms with Crippen molar-refractivity contribution >= 4 is 17.3 Å². The standard InChI is InChI=1S/C13H16N6/c1-9(2)19-8-11(7-14-19)15-13-16-12-6-10(3)4-5-18(12)17-13/h4-9H,1-3H3,(H,15,17). The van der Waals surface area contributed by atoms with Crippen LogP contribution in [0.4, 0.5) is 11.6 Å². The highest BCUT2D eigenvalue weighted by Gasteiger charge is 2.06. The molecule has 98 valence electrons. The number of aromatic nitrogens is 5. The quantitative estimate of drug-likeness (QED) is 0.782. The minimum absolute atomic E-state index is 0.340. The summed E-state index contributed by atoms with van der Waals surface area (Å²) < 4.78 is 3.64. The Bertz CT molecular complexity index is 709. The molecule has 0 aliphatic rings. The van der Waals surface area contributed by atoms with E-state index in [1.54, 1.807) is 10.7 Å². The highest BCUT2D eigenvalue weighted by atomic mass is 15.4. The molecule has 6 heteroatoms. The van der Waals surface area contributed by atoms with Crippen LogP contribution in [0.25, 0.3) is 5.65 Å². The highest BCUT2D eigenvalue weighted by Crippen LogP contribution is 2.15.